The highest BCUT2D eigenvalue weighted by Crippen LogP contribution is 2.32. The molecule has 1 N–H and O–H groups in total. The van der Waals surface area contributed by atoms with Gasteiger partial charge in [-0.2, -0.15) is 0 Å². The first-order valence-corrected chi connectivity index (χ1v) is 7.40. The van der Waals surface area contributed by atoms with E-state index in [1.807, 2.05) is 26.0 Å². The molecule has 1 aromatic heterocycles. The zero-order valence-electron chi connectivity index (χ0n) is 11.9. The predicted octanol–water partition coefficient (Wildman–Crippen LogP) is 4.47. The summed E-state index contributed by atoms with van der Waals surface area (Å²) in [6, 6.07) is 6.08. The van der Waals surface area contributed by atoms with Crippen LogP contribution in [0.1, 0.15) is 24.5 Å². The Balaban J connectivity index is 2.24. The summed E-state index contributed by atoms with van der Waals surface area (Å²) in [6.45, 7) is 7.06. The molecule has 0 aliphatic carbocycles. The second kappa shape index (κ2) is 6.70. The summed E-state index contributed by atoms with van der Waals surface area (Å²) < 4.78 is 6.60. The third kappa shape index (κ3) is 3.70. The van der Waals surface area contributed by atoms with Crippen LogP contribution in [-0.4, -0.2) is 16.5 Å². The second-order valence-electron chi connectivity index (χ2n) is 4.69. The molecule has 2 rings (SSSR count). The quantitative estimate of drug-likeness (QED) is 0.875. The van der Waals surface area contributed by atoms with Crippen LogP contribution in [-0.2, 0) is 0 Å². The van der Waals surface area contributed by atoms with Gasteiger partial charge in [0.15, 0.2) is 0 Å². The van der Waals surface area contributed by atoms with E-state index in [1.54, 1.807) is 0 Å². The largest absolute Gasteiger partial charge is 0.438 e. The highest BCUT2D eigenvalue weighted by atomic mass is 79.9. The summed E-state index contributed by atoms with van der Waals surface area (Å²) in [7, 11) is 0. The summed E-state index contributed by atoms with van der Waals surface area (Å²) in [5.41, 5.74) is 2.32. The zero-order valence-corrected chi connectivity index (χ0v) is 13.5. The smallest absolute Gasteiger partial charge is 0.238 e. The van der Waals surface area contributed by atoms with Crippen molar-refractivity contribution in [3.8, 4) is 11.6 Å². The summed E-state index contributed by atoms with van der Waals surface area (Å²) in [5.74, 6) is 2.05. The van der Waals surface area contributed by atoms with Gasteiger partial charge in [-0.3, -0.25) is 0 Å². The van der Waals surface area contributed by atoms with E-state index in [-0.39, 0.29) is 0 Å². The topological polar surface area (TPSA) is 47.0 Å². The number of halogens is 1. The van der Waals surface area contributed by atoms with Crippen LogP contribution in [0.3, 0.4) is 0 Å². The summed E-state index contributed by atoms with van der Waals surface area (Å²) in [4.78, 5) is 8.39. The van der Waals surface area contributed by atoms with Gasteiger partial charge in [0, 0.05) is 6.54 Å². The molecule has 0 atom stereocenters. The zero-order chi connectivity index (χ0) is 14.5. The van der Waals surface area contributed by atoms with Crippen molar-refractivity contribution in [1.29, 1.82) is 0 Å². The lowest BCUT2D eigenvalue weighted by Crippen LogP contribution is -2.04. The summed E-state index contributed by atoms with van der Waals surface area (Å²) in [6.07, 6.45) is 2.53. The lowest BCUT2D eigenvalue weighted by Gasteiger charge is -2.11. The van der Waals surface area contributed by atoms with Crippen molar-refractivity contribution >= 4 is 21.7 Å². The minimum Gasteiger partial charge on any atom is -0.438 e. The third-order valence-corrected chi connectivity index (χ3v) is 3.42. The molecule has 0 saturated carbocycles. The van der Waals surface area contributed by atoms with E-state index in [1.165, 1.54) is 6.33 Å². The van der Waals surface area contributed by atoms with Gasteiger partial charge in [-0.25, -0.2) is 9.97 Å². The van der Waals surface area contributed by atoms with Crippen molar-refractivity contribution in [2.75, 3.05) is 11.9 Å². The van der Waals surface area contributed by atoms with Crippen LogP contribution in [0.15, 0.2) is 29.0 Å². The van der Waals surface area contributed by atoms with Gasteiger partial charge in [0.1, 0.15) is 22.4 Å². The van der Waals surface area contributed by atoms with E-state index >= 15 is 0 Å². The van der Waals surface area contributed by atoms with Crippen LogP contribution < -0.4 is 10.1 Å². The number of hydrogen-bond donors (Lipinski definition) is 1. The Labute approximate surface area is 127 Å². The molecule has 0 bridgehead atoms. The Morgan fingerprint density at radius 2 is 1.85 bits per heavy atom. The lowest BCUT2D eigenvalue weighted by molar-refractivity contribution is 0.458. The summed E-state index contributed by atoms with van der Waals surface area (Å²) >= 11 is 3.49. The van der Waals surface area contributed by atoms with Crippen molar-refractivity contribution < 1.29 is 4.74 Å². The Bertz CT molecular complexity index is 581. The van der Waals surface area contributed by atoms with Crippen LogP contribution in [0.2, 0.25) is 0 Å². The molecule has 0 unspecified atom stereocenters. The molecule has 1 heterocycles. The SMILES string of the molecule is CCCNc1ncnc(Oc2cc(C)cc(C)c2)c1Br. The molecule has 0 radical (unpaired) electrons. The molecule has 2 aromatic rings. The van der Waals surface area contributed by atoms with E-state index in [9.17, 15) is 0 Å². The van der Waals surface area contributed by atoms with Crippen molar-refractivity contribution in [3.05, 3.63) is 40.1 Å². The van der Waals surface area contributed by atoms with Crippen molar-refractivity contribution in [2.24, 2.45) is 0 Å². The molecular formula is C15H18BrN3O. The normalized spacial score (nSPS) is 10.4. The number of benzene rings is 1. The van der Waals surface area contributed by atoms with Crippen LogP contribution in [0, 0.1) is 13.8 Å². The monoisotopic (exact) mass is 335 g/mol. The molecule has 0 aliphatic rings. The van der Waals surface area contributed by atoms with Gasteiger partial charge in [0.2, 0.25) is 5.88 Å². The number of anilines is 1. The standard InChI is InChI=1S/C15H18BrN3O/c1-4-5-17-14-13(16)15(19-9-18-14)20-12-7-10(2)6-11(3)8-12/h6-9H,4-5H2,1-3H3,(H,17,18,19). The van der Waals surface area contributed by atoms with Gasteiger partial charge in [-0.1, -0.05) is 13.0 Å². The molecule has 20 heavy (non-hydrogen) atoms. The molecule has 0 aliphatic heterocycles. The molecular weight excluding hydrogens is 318 g/mol. The Morgan fingerprint density at radius 1 is 1.15 bits per heavy atom. The first-order valence-electron chi connectivity index (χ1n) is 6.60. The van der Waals surface area contributed by atoms with Crippen LogP contribution in [0.5, 0.6) is 11.6 Å². The van der Waals surface area contributed by atoms with E-state index in [0.717, 1.165) is 40.1 Å². The molecule has 0 amide bonds. The number of nitrogens with zero attached hydrogens (tertiary/aromatic N) is 2. The van der Waals surface area contributed by atoms with Crippen molar-refractivity contribution in [2.45, 2.75) is 27.2 Å². The number of nitrogens with one attached hydrogen (secondary N) is 1. The number of aromatic nitrogens is 2. The average Bonchev–Trinajstić information content (AvgIpc) is 2.38. The minimum absolute atomic E-state index is 0.517. The Kier molecular flexibility index (Phi) is 4.95. The maximum Gasteiger partial charge on any atom is 0.238 e. The third-order valence-electron chi connectivity index (χ3n) is 2.71. The van der Waals surface area contributed by atoms with E-state index in [2.05, 4.69) is 44.2 Å². The molecule has 5 heteroatoms. The summed E-state index contributed by atoms with van der Waals surface area (Å²) in [5, 5.41) is 3.23. The first kappa shape index (κ1) is 14.8. The Hall–Kier alpha value is -1.62. The van der Waals surface area contributed by atoms with Gasteiger partial charge in [0.25, 0.3) is 0 Å². The number of ether oxygens (including phenoxy) is 1. The predicted molar refractivity (Wildman–Crippen MR) is 84.5 cm³/mol. The van der Waals surface area contributed by atoms with Crippen LogP contribution >= 0.6 is 15.9 Å². The highest BCUT2D eigenvalue weighted by molar-refractivity contribution is 9.10. The highest BCUT2D eigenvalue weighted by Gasteiger charge is 2.10. The molecule has 0 spiro atoms. The fourth-order valence-corrected chi connectivity index (χ4v) is 2.32. The van der Waals surface area contributed by atoms with E-state index in [4.69, 9.17) is 4.74 Å². The van der Waals surface area contributed by atoms with Crippen molar-refractivity contribution in [3.63, 3.8) is 0 Å². The molecule has 0 fully saturated rings. The van der Waals surface area contributed by atoms with Gasteiger partial charge in [-0.05, 0) is 59.5 Å². The number of hydrogen-bond acceptors (Lipinski definition) is 4. The fourth-order valence-electron chi connectivity index (χ4n) is 1.89. The molecule has 106 valence electrons. The van der Waals surface area contributed by atoms with Crippen LogP contribution in [0.25, 0.3) is 0 Å². The van der Waals surface area contributed by atoms with E-state index in [0.29, 0.717) is 5.88 Å². The molecule has 4 nitrogen and oxygen atoms in total. The molecule has 1 aromatic carbocycles. The first-order chi connectivity index (χ1) is 9.60. The molecule has 0 saturated heterocycles. The Morgan fingerprint density at radius 3 is 2.50 bits per heavy atom. The maximum absolute atomic E-state index is 5.85. The van der Waals surface area contributed by atoms with Gasteiger partial charge < -0.3 is 10.1 Å². The van der Waals surface area contributed by atoms with Crippen molar-refractivity contribution in [1.82, 2.24) is 9.97 Å². The number of aryl methyl sites for hydroxylation is 2. The fraction of sp³-hybridized carbons (Fsp3) is 0.333. The lowest BCUT2D eigenvalue weighted by atomic mass is 10.1. The van der Waals surface area contributed by atoms with Gasteiger partial charge >= 0.3 is 0 Å². The average molecular weight is 336 g/mol. The van der Waals surface area contributed by atoms with Crippen LogP contribution in [0.4, 0.5) is 5.82 Å². The van der Waals surface area contributed by atoms with E-state index < -0.39 is 0 Å². The second-order valence-corrected chi connectivity index (χ2v) is 5.49. The minimum atomic E-state index is 0.517. The van der Waals surface area contributed by atoms with Gasteiger partial charge in [0.05, 0.1) is 0 Å². The number of rotatable bonds is 5. The maximum atomic E-state index is 5.85. The van der Waals surface area contributed by atoms with Gasteiger partial charge in [-0.15, -0.1) is 0 Å².